The molecule has 0 amide bonds. The molecule has 0 fully saturated rings. The molecule has 0 aliphatic heterocycles. The Kier molecular flexibility index (Phi) is 6.32. The van der Waals surface area contributed by atoms with Gasteiger partial charge in [-0.3, -0.25) is 9.59 Å². The van der Waals surface area contributed by atoms with Crippen molar-refractivity contribution in [3.8, 4) is 0 Å². The van der Waals surface area contributed by atoms with E-state index in [1.807, 2.05) is 13.8 Å². The molecule has 0 aromatic carbocycles. The molecule has 18 heavy (non-hydrogen) atoms. The average Bonchev–Trinajstić information content (AvgIpc) is 2.21. The number of carbonyl (C=O) groups excluding carboxylic acids is 1. The molecule has 0 unspecified atom stereocenters. The number of rotatable bonds is 6. The Balaban J connectivity index is 5.08. The van der Waals surface area contributed by atoms with Crippen molar-refractivity contribution < 1.29 is 19.4 Å². The lowest BCUT2D eigenvalue weighted by Gasteiger charge is -2.30. The van der Waals surface area contributed by atoms with Gasteiger partial charge >= 0.3 is 11.9 Å². The topological polar surface area (TPSA) is 89.6 Å². The van der Waals surface area contributed by atoms with Gasteiger partial charge in [0.05, 0.1) is 5.92 Å². The van der Waals surface area contributed by atoms with Gasteiger partial charge in [0.25, 0.3) is 0 Å². The van der Waals surface area contributed by atoms with Crippen molar-refractivity contribution in [2.75, 3.05) is 0 Å². The van der Waals surface area contributed by atoms with Gasteiger partial charge in [-0.1, -0.05) is 26.7 Å². The van der Waals surface area contributed by atoms with Gasteiger partial charge in [0.15, 0.2) is 0 Å². The summed E-state index contributed by atoms with van der Waals surface area (Å²) in [6.45, 7) is 9.09. The third-order valence-electron chi connectivity index (χ3n) is 2.91. The monoisotopic (exact) mass is 259 g/mol. The van der Waals surface area contributed by atoms with Gasteiger partial charge in [-0.05, 0) is 26.7 Å². The maximum Gasteiger partial charge on any atom is 0.321 e. The van der Waals surface area contributed by atoms with Crippen molar-refractivity contribution in [1.82, 2.24) is 0 Å². The van der Waals surface area contributed by atoms with Crippen LogP contribution in [-0.2, 0) is 14.3 Å². The fourth-order valence-corrected chi connectivity index (χ4v) is 1.95. The zero-order valence-electron chi connectivity index (χ0n) is 11.9. The largest absolute Gasteiger partial charge is 0.480 e. The molecule has 5 heteroatoms. The quantitative estimate of drug-likeness (QED) is 0.710. The Morgan fingerprint density at radius 3 is 1.94 bits per heavy atom. The first-order valence-corrected chi connectivity index (χ1v) is 6.35. The van der Waals surface area contributed by atoms with E-state index in [0.717, 1.165) is 0 Å². The Bertz CT molecular complexity index is 292. The molecule has 106 valence electrons. The number of esters is 1. The second-order valence-corrected chi connectivity index (χ2v) is 5.50. The molecular formula is C13H25NO4. The molecule has 0 bridgehead atoms. The normalized spacial score (nSPS) is 15.3. The molecule has 0 spiro atoms. The van der Waals surface area contributed by atoms with Crippen LogP contribution in [0.1, 0.15) is 47.5 Å². The zero-order valence-corrected chi connectivity index (χ0v) is 11.9. The number of ether oxygens (including phenoxy) is 1. The number of carboxylic acids is 1. The zero-order chi connectivity index (χ0) is 14.5. The predicted octanol–water partition coefficient (Wildman–Crippen LogP) is 1.79. The molecule has 0 aliphatic carbocycles. The van der Waals surface area contributed by atoms with E-state index in [9.17, 15) is 9.59 Å². The molecule has 0 rings (SSSR count). The average molecular weight is 259 g/mol. The first kappa shape index (κ1) is 16.9. The van der Waals surface area contributed by atoms with Gasteiger partial charge in [0.2, 0.25) is 0 Å². The second kappa shape index (κ2) is 6.73. The first-order chi connectivity index (χ1) is 8.14. The number of hydrogen-bond acceptors (Lipinski definition) is 4. The molecule has 0 saturated heterocycles. The van der Waals surface area contributed by atoms with E-state index in [1.165, 1.54) is 0 Å². The van der Waals surface area contributed by atoms with E-state index in [-0.39, 0.29) is 5.92 Å². The molecule has 5 nitrogen and oxygen atoms in total. The van der Waals surface area contributed by atoms with Crippen LogP contribution in [0.3, 0.4) is 0 Å². The van der Waals surface area contributed by atoms with Crippen LogP contribution in [0, 0.1) is 11.8 Å². The van der Waals surface area contributed by atoms with E-state index < -0.39 is 29.5 Å². The molecule has 0 saturated carbocycles. The maximum absolute atomic E-state index is 12.1. The van der Waals surface area contributed by atoms with Crippen LogP contribution in [0.5, 0.6) is 0 Å². The van der Waals surface area contributed by atoms with Gasteiger partial charge in [-0.2, -0.15) is 0 Å². The second-order valence-electron chi connectivity index (χ2n) is 5.50. The van der Waals surface area contributed by atoms with E-state index in [4.69, 9.17) is 15.6 Å². The number of carboxylic acid groups (broad SMARTS) is 1. The lowest BCUT2D eigenvalue weighted by Crippen LogP contribution is -2.47. The van der Waals surface area contributed by atoms with Crippen LogP contribution >= 0.6 is 0 Å². The molecule has 0 aromatic heterocycles. The van der Waals surface area contributed by atoms with Crippen molar-refractivity contribution in [3.05, 3.63) is 0 Å². The van der Waals surface area contributed by atoms with E-state index in [1.54, 1.807) is 20.8 Å². The van der Waals surface area contributed by atoms with Gasteiger partial charge in [0.1, 0.15) is 11.6 Å². The van der Waals surface area contributed by atoms with Gasteiger partial charge in [-0.15, -0.1) is 0 Å². The Morgan fingerprint density at radius 1 is 1.22 bits per heavy atom. The number of carbonyl (C=O) groups is 2. The Labute approximate surface area is 109 Å². The Morgan fingerprint density at radius 2 is 1.67 bits per heavy atom. The number of nitrogens with two attached hydrogens (primary N) is 1. The molecule has 0 heterocycles. The number of aliphatic carboxylic acids is 1. The minimum absolute atomic E-state index is 0.0778. The maximum atomic E-state index is 12.1. The van der Waals surface area contributed by atoms with Gasteiger partial charge < -0.3 is 15.6 Å². The third-order valence-corrected chi connectivity index (χ3v) is 2.91. The van der Waals surface area contributed by atoms with E-state index in [2.05, 4.69) is 0 Å². The summed E-state index contributed by atoms with van der Waals surface area (Å²) >= 11 is 0. The van der Waals surface area contributed by atoms with Crippen LogP contribution in [0.2, 0.25) is 0 Å². The van der Waals surface area contributed by atoms with Crippen molar-refractivity contribution >= 4 is 11.9 Å². The fraction of sp³-hybridized carbons (Fsp3) is 0.846. The minimum atomic E-state index is -1.22. The van der Waals surface area contributed by atoms with Crippen LogP contribution in [0.15, 0.2) is 0 Å². The highest BCUT2D eigenvalue weighted by atomic mass is 16.6. The summed E-state index contributed by atoms with van der Waals surface area (Å²) in [4.78, 5) is 23.1. The van der Waals surface area contributed by atoms with Crippen molar-refractivity contribution in [1.29, 1.82) is 0 Å². The summed E-state index contributed by atoms with van der Waals surface area (Å²) in [5, 5.41) is 9.01. The molecule has 0 aromatic rings. The summed E-state index contributed by atoms with van der Waals surface area (Å²) in [6.07, 6.45) is 1.39. The van der Waals surface area contributed by atoms with Crippen LogP contribution in [0.4, 0.5) is 0 Å². The molecule has 3 N–H and O–H groups in total. The van der Waals surface area contributed by atoms with Crippen LogP contribution < -0.4 is 5.73 Å². The summed E-state index contributed by atoms with van der Waals surface area (Å²) < 4.78 is 5.27. The lowest BCUT2D eigenvalue weighted by atomic mass is 9.82. The van der Waals surface area contributed by atoms with Crippen LogP contribution in [0.25, 0.3) is 0 Å². The minimum Gasteiger partial charge on any atom is -0.480 e. The van der Waals surface area contributed by atoms with E-state index in [0.29, 0.717) is 12.8 Å². The third kappa shape index (κ3) is 5.04. The van der Waals surface area contributed by atoms with Crippen molar-refractivity contribution in [2.24, 2.45) is 17.6 Å². The van der Waals surface area contributed by atoms with Crippen molar-refractivity contribution in [3.63, 3.8) is 0 Å². The standard InChI is InChI=1S/C13H25NO4/c1-6-8(7-2)9(10(14)11(15)16)12(17)18-13(3,4)5/h8-10H,6-7,14H2,1-5H3,(H,15,16)/t9-,10+/m0/s1. The molecule has 0 aliphatic rings. The highest BCUT2D eigenvalue weighted by Crippen LogP contribution is 2.25. The lowest BCUT2D eigenvalue weighted by molar-refractivity contribution is -0.166. The molecular weight excluding hydrogens is 234 g/mol. The highest BCUT2D eigenvalue weighted by molar-refractivity contribution is 5.83. The number of hydrogen-bond donors (Lipinski definition) is 2. The SMILES string of the molecule is CCC(CC)[C@H](C(=O)OC(C)(C)C)[C@@H](N)C(=O)O. The van der Waals surface area contributed by atoms with Gasteiger partial charge in [-0.25, -0.2) is 0 Å². The Hall–Kier alpha value is -1.10. The first-order valence-electron chi connectivity index (χ1n) is 6.35. The summed E-state index contributed by atoms with van der Waals surface area (Å²) in [7, 11) is 0. The predicted molar refractivity (Wildman–Crippen MR) is 69.0 cm³/mol. The summed E-state index contributed by atoms with van der Waals surface area (Å²) in [5.41, 5.74) is 4.99. The summed E-state index contributed by atoms with van der Waals surface area (Å²) in [6, 6.07) is -1.22. The van der Waals surface area contributed by atoms with E-state index >= 15 is 0 Å². The smallest absolute Gasteiger partial charge is 0.321 e. The van der Waals surface area contributed by atoms with Crippen LogP contribution in [-0.4, -0.2) is 28.7 Å². The molecule has 2 atom stereocenters. The fourth-order valence-electron chi connectivity index (χ4n) is 1.95. The summed E-state index contributed by atoms with van der Waals surface area (Å²) in [5.74, 6) is -2.56. The van der Waals surface area contributed by atoms with Gasteiger partial charge in [0, 0.05) is 0 Å². The van der Waals surface area contributed by atoms with Crippen molar-refractivity contribution in [2.45, 2.75) is 59.1 Å². The molecule has 0 radical (unpaired) electrons. The highest BCUT2D eigenvalue weighted by Gasteiger charge is 2.38.